The molecule has 1 N–H and O–H groups in total. The number of benzene rings is 1. The topological polar surface area (TPSA) is 55.2 Å². The smallest absolute Gasteiger partial charge is 0.130 e. The van der Waals surface area contributed by atoms with E-state index in [2.05, 4.69) is 119 Å². The second-order valence-electron chi connectivity index (χ2n) is 11.5. The number of fused-ring (bicyclic) bond motifs is 1. The van der Waals surface area contributed by atoms with E-state index in [1.54, 1.807) is 0 Å². The average molecular weight is 563 g/mol. The zero-order valence-electron chi connectivity index (χ0n) is 25.3. The number of anilines is 3. The van der Waals surface area contributed by atoms with Gasteiger partial charge in [0.2, 0.25) is 0 Å². The predicted molar refractivity (Wildman–Crippen MR) is 174 cm³/mol. The Kier molecular flexibility index (Phi) is 8.00. The van der Waals surface area contributed by atoms with Gasteiger partial charge in [-0.2, -0.15) is 5.10 Å². The van der Waals surface area contributed by atoms with Crippen LogP contribution in [0.4, 0.5) is 17.2 Å². The van der Waals surface area contributed by atoms with Crippen molar-refractivity contribution in [2.75, 3.05) is 76.7 Å². The van der Waals surface area contributed by atoms with E-state index in [1.165, 1.54) is 5.69 Å². The molecule has 0 spiro atoms. The molecular formula is C34H42N8. The summed E-state index contributed by atoms with van der Waals surface area (Å²) in [6.45, 7) is 17.0. The van der Waals surface area contributed by atoms with Crippen LogP contribution in [0.3, 0.4) is 0 Å². The molecule has 8 nitrogen and oxygen atoms in total. The quantitative estimate of drug-likeness (QED) is 0.332. The summed E-state index contributed by atoms with van der Waals surface area (Å²) in [4.78, 5) is 14.5. The number of hydrogen-bond donors (Lipinski definition) is 1. The summed E-state index contributed by atoms with van der Waals surface area (Å²) >= 11 is 0. The number of rotatable bonds is 7. The maximum Gasteiger partial charge on any atom is 0.130 e. The molecule has 4 aromatic rings. The van der Waals surface area contributed by atoms with Crippen molar-refractivity contribution in [3.05, 3.63) is 96.0 Å². The van der Waals surface area contributed by atoms with Crippen LogP contribution in [0, 0.1) is 6.92 Å². The minimum absolute atomic E-state index is 0.847. The molecule has 2 fully saturated rings. The number of hydrogen-bond acceptors (Lipinski definition) is 7. The highest BCUT2D eigenvalue weighted by Crippen LogP contribution is 2.31. The summed E-state index contributed by atoms with van der Waals surface area (Å²) in [5, 5.41) is 8.17. The van der Waals surface area contributed by atoms with E-state index in [0.29, 0.717) is 0 Å². The van der Waals surface area contributed by atoms with Crippen molar-refractivity contribution in [3.63, 3.8) is 0 Å². The van der Waals surface area contributed by atoms with Gasteiger partial charge in [-0.3, -0.25) is 0 Å². The Bertz CT molecular complexity index is 1600. The van der Waals surface area contributed by atoms with Gasteiger partial charge < -0.3 is 24.9 Å². The fourth-order valence-electron chi connectivity index (χ4n) is 6.00. The Morgan fingerprint density at radius 3 is 2.33 bits per heavy atom. The lowest BCUT2D eigenvalue weighted by Gasteiger charge is -2.35. The number of piperazine rings is 2. The van der Waals surface area contributed by atoms with Crippen LogP contribution < -0.4 is 10.2 Å². The van der Waals surface area contributed by atoms with Crippen LogP contribution in [0.5, 0.6) is 0 Å². The third-order valence-corrected chi connectivity index (χ3v) is 8.68. The third kappa shape index (κ3) is 5.78. The lowest BCUT2D eigenvalue weighted by molar-refractivity contribution is 0.207. The van der Waals surface area contributed by atoms with Crippen LogP contribution in [-0.2, 0) is 0 Å². The van der Waals surface area contributed by atoms with Gasteiger partial charge in [0.15, 0.2) is 0 Å². The van der Waals surface area contributed by atoms with Crippen molar-refractivity contribution in [1.29, 1.82) is 0 Å². The maximum absolute atomic E-state index is 4.97. The molecule has 0 atom stereocenters. The first kappa shape index (κ1) is 28.0. The average Bonchev–Trinajstić information content (AvgIpc) is 3.43. The minimum atomic E-state index is 0.847. The van der Waals surface area contributed by atoms with Gasteiger partial charge in [0.05, 0.1) is 11.7 Å². The summed E-state index contributed by atoms with van der Waals surface area (Å²) in [6.07, 6.45) is 6.16. The van der Waals surface area contributed by atoms with Crippen molar-refractivity contribution >= 4 is 34.0 Å². The molecule has 3 aromatic heterocycles. The molecule has 0 radical (unpaired) electrons. The van der Waals surface area contributed by atoms with Gasteiger partial charge in [-0.1, -0.05) is 18.7 Å². The van der Waals surface area contributed by atoms with Crippen molar-refractivity contribution in [3.8, 4) is 0 Å². The van der Waals surface area contributed by atoms with Crippen LogP contribution in [0.2, 0.25) is 0 Å². The number of nitrogens with zero attached hydrogens (tertiary/aromatic N) is 7. The van der Waals surface area contributed by atoms with E-state index in [0.717, 1.165) is 103 Å². The molecule has 2 aliphatic heterocycles. The Labute approximate surface area is 249 Å². The molecule has 0 aliphatic carbocycles. The lowest BCUT2D eigenvalue weighted by Crippen LogP contribution is -2.44. The van der Waals surface area contributed by atoms with Crippen molar-refractivity contribution < 1.29 is 0 Å². The second-order valence-corrected chi connectivity index (χ2v) is 11.5. The first-order valence-electron chi connectivity index (χ1n) is 14.9. The van der Waals surface area contributed by atoms with Gasteiger partial charge in [-0.15, -0.1) is 0 Å². The van der Waals surface area contributed by atoms with Crippen LogP contribution in [0.25, 0.3) is 16.8 Å². The summed E-state index contributed by atoms with van der Waals surface area (Å²) < 4.78 is 1.95. The highest BCUT2D eigenvalue weighted by atomic mass is 15.3. The fourth-order valence-corrected chi connectivity index (χ4v) is 6.00. The molecule has 0 bridgehead atoms. The molecule has 0 saturated carbocycles. The molecule has 5 heterocycles. The molecule has 0 unspecified atom stereocenters. The molecular weight excluding hydrogens is 520 g/mol. The first-order chi connectivity index (χ1) is 20.4. The zero-order valence-corrected chi connectivity index (χ0v) is 25.3. The third-order valence-electron chi connectivity index (χ3n) is 8.68. The van der Waals surface area contributed by atoms with E-state index in [4.69, 9.17) is 4.98 Å². The Morgan fingerprint density at radius 1 is 0.881 bits per heavy atom. The van der Waals surface area contributed by atoms with Gasteiger partial charge in [0.1, 0.15) is 5.82 Å². The summed E-state index contributed by atoms with van der Waals surface area (Å²) in [7, 11) is 4.36. The molecule has 8 heteroatoms. The van der Waals surface area contributed by atoms with Crippen LogP contribution in [0.15, 0.2) is 73.6 Å². The van der Waals surface area contributed by atoms with Crippen LogP contribution in [0.1, 0.15) is 29.3 Å². The molecule has 1 aromatic carbocycles. The Balaban J connectivity index is 1.22. The van der Waals surface area contributed by atoms with Crippen LogP contribution in [-0.4, -0.2) is 95.8 Å². The molecule has 2 aliphatic rings. The van der Waals surface area contributed by atoms with Gasteiger partial charge >= 0.3 is 0 Å². The largest absolute Gasteiger partial charge is 0.369 e. The number of allylic oxidation sites excluding steroid dienone is 1. The monoisotopic (exact) mass is 562 g/mol. The zero-order chi connectivity index (χ0) is 29.2. The second kappa shape index (κ2) is 12.0. The maximum atomic E-state index is 4.97. The van der Waals surface area contributed by atoms with Crippen molar-refractivity contribution in [1.82, 2.24) is 29.3 Å². The fraction of sp³-hybridized carbons (Fsp3) is 0.353. The Morgan fingerprint density at radius 2 is 1.62 bits per heavy atom. The van der Waals surface area contributed by atoms with E-state index in [9.17, 15) is 0 Å². The van der Waals surface area contributed by atoms with Crippen LogP contribution >= 0.6 is 0 Å². The molecule has 218 valence electrons. The SMILES string of the molecule is C=C(c1cnn2ccc(/C(=C/C)c3ccc(Nc4cccc(N5CCN(C)CC5)c4)nc3C)cc12)N1CCN(C)CC1. The normalized spacial score (nSPS) is 17.2. The van der Waals surface area contributed by atoms with E-state index < -0.39 is 0 Å². The summed E-state index contributed by atoms with van der Waals surface area (Å²) in [5.74, 6) is 0.847. The number of aryl methyl sites for hydroxylation is 1. The van der Waals surface area contributed by atoms with Gasteiger partial charge in [-0.25, -0.2) is 9.50 Å². The number of likely N-dealkylation sites (N-methyl/N-ethyl adjacent to an activating group) is 2. The van der Waals surface area contributed by atoms with Crippen molar-refractivity contribution in [2.45, 2.75) is 13.8 Å². The molecule has 42 heavy (non-hydrogen) atoms. The standard InChI is InChI=1S/C34H42N8/c1-6-30(27-12-13-42-33(22-27)32(24-35-42)26(3)40-18-14-38(4)15-19-40)31-10-11-34(36-25(31)2)37-28-8-7-9-29(23-28)41-20-16-39(5)17-21-41/h6-13,22-24H,3,14-21H2,1-2,4-5H3,(H,36,37)/b30-6-. The van der Waals surface area contributed by atoms with Gasteiger partial charge in [0, 0.05) is 92.4 Å². The van der Waals surface area contributed by atoms with Crippen molar-refractivity contribution in [2.24, 2.45) is 0 Å². The molecule has 0 amide bonds. The first-order valence-corrected chi connectivity index (χ1v) is 14.9. The van der Waals surface area contributed by atoms with E-state index >= 15 is 0 Å². The Hall–Kier alpha value is -4.14. The van der Waals surface area contributed by atoms with E-state index in [-0.39, 0.29) is 0 Å². The summed E-state index contributed by atoms with van der Waals surface area (Å²) in [5.41, 5.74) is 9.91. The van der Waals surface area contributed by atoms with Gasteiger partial charge in [0.25, 0.3) is 0 Å². The predicted octanol–water partition coefficient (Wildman–Crippen LogP) is 5.20. The highest BCUT2D eigenvalue weighted by molar-refractivity contribution is 5.85. The van der Waals surface area contributed by atoms with E-state index in [1.807, 2.05) is 16.9 Å². The minimum Gasteiger partial charge on any atom is -0.369 e. The highest BCUT2D eigenvalue weighted by Gasteiger charge is 2.20. The number of aromatic nitrogens is 3. The molecule has 6 rings (SSSR count). The number of nitrogens with one attached hydrogen (secondary N) is 1. The molecule has 2 saturated heterocycles. The number of pyridine rings is 2. The van der Waals surface area contributed by atoms with Gasteiger partial charge in [-0.05, 0) is 81.5 Å². The lowest BCUT2D eigenvalue weighted by atomic mass is 9.96. The summed E-state index contributed by atoms with van der Waals surface area (Å²) in [6, 6.07) is 17.3.